The molecule has 1 saturated heterocycles. The fourth-order valence-electron chi connectivity index (χ4n) is 2.78. The van der Waals surface area contributed by atoms with Crippen molar-refractivity contribution in [2.24, 2.45) is 4.99 Å². The van der Waals surface area contributed by atoms with Crippen molar-refractivity contribution in [3.8, 4) is 0 Å². The smallest absolute Gasteiger partial charge is 0.251 e. The van der Waals surface area contributed by atoms with Crippen molar-refractivity contribution in [3.05, 3.63) is 35.4 Å². The molecule has 1 amide bonds. The minimum absolute atomic E-state index is 0.0488. The van der Waals surface area contributed by atoms with Gasteiger partial charge in [-0.2, -0.15) is 0 Å². The van der Waals surface area contributed by atoms with Gasteiger partial charge in [0.15, 0.2) is 5.96 Å². The number of nitrogens with zero attached hydrogens (tertiary/aromatic N) is 1. The number of hydrogen-bond donors (Lipinski definition) is 3. The lowest BCUT2D eigenvalue weighted by Crippen LogP contribution is -2.37. The summed E-state index contributed by atoms with van der Waals surface area (Å²) in [6, 6.07) is 8.04. The molecule has 6 heteroatoms. The number of carbonyl (C=O) groups excluding carboxylic acids is 1. The SMILES string of the molecule is CC1CN=C(NCc2cccc(C(=O)NCC3CCCO3)c2)N1. The zero-order valence-electron chi connectivity index (χ0n) is 13.5. The molecule has 0 spiro atoms. The van der Waals surface area contributed by atoms with E-state index in [1.54, 1.807) is 0 Å². The molecule has 6 nitrogen and oxygen atoms in total. The second-order valence-corrected chi connectivity index (χ2v) is 6.13. The Balaban J connectivity index is 1.50. The van der Waals surface area contributed by atoms with Gasteiger partial charge in [0.1, 0.15) is 0 Å². The summed E-state index contributed by atoms with van der Waals surface area (Å²) < 4.78 is 5.52. The van der Waals surface area contributed by atoms with Crippen molar-refractivity contribution >= 4 is 11.9 Å². The summed E-state index contributed by atoms with van der Waals surface area (Å²) in [4.78, 5) is 16.6. The van der Waals surface area contributed by atoms with Gasteiger partial charge in [0.05, 0.1) is 12.6 Å². The molecule has 0 aliphatic carbocycles. The Morgan fingerprint density at radius 3 is 3.13 bits per heavy atom. The lowest BCUT2D eigenvalue weighted by molar-refractivity contribution is 0.0857. The Hall–Kier alpha value is -2.08. The molecule has 1 aromatic carbocycles. The van der Waals surface area contributed by atoms with Gasteiger partial charge in [-0.3, -0.25) is 9.79 Å². The van der Waals surface area contributed by atoms with Crippen molar-refractivity contribution in [1.29, 1.82) is 0 Å². The van der Waals surface area contributed by atoms with E-state index in [9.17, 15) is 4.79 Å². The molecule has 1 aromatic rings. The van der Waals surface area contributed by atoms with Crippen LogP contribution in [-0.2, 0) is 11.3 Å². The minimum Gasteiger partial charge on any atom is -0.376 e. The molecule has 2 heterocycles. The van der Waals surface area contributed by atoms with Gasteiger partial charge in [-0.15, -0.1) is 0 Å². The van der Waals surface area contributed by atoms with Gasteiger partial charge in [0.25, 0.3) is 5.91 Å². The number of amides is 1. The molecule has 0 saturated carbocycles. The molecule has 2 aliphatic rings. The van der Waals surface area contributed by atoms with Crippen LogP contribution in [0.1, 0.15) is 35.7 Å². The molecule has 23 heavy (non-hydrogen) atoms. The van der Waals surface area contributed by atoms with Crippen LogP contribution in [0.2, 0.25) is 0 Å². The Morgan fingerprint density at radius 2 is 2.39 bits per heavy atom. The highest BCUT2D eigenvalue weighted by Gasteiger charge is 2.17. The van der Waals surface area contributed by atoms with Gasteiger partial charge < -0.3 is 20.7 Å². The van der Waals surface area contributed by atoms with Gasteiger partial charge in [-0.25, -0.2) is 0 Å². The van der Waals surface area contributed by atoms with Gasteiger partial charge in [-0.05, 0) is 37.5 Å². The molecule has 0 radical (unpaired) electrons. The Kier molecular flexibility index (Phi) is 5.12. The lowest BCUT2D eigenvalue weighted by Gasteiger charge is -2.12. The van der Waals surface area contributed by atoms with Crippen molar-refractivity contribution < 1.29 is 9.53 Å². The summed E-state index contributed by atoms with van der Waals surface area (Å²) >= 11 is 0. The predicted octanol–water partition coefficient (Wildman–Crippen LogP) is 1.03. The maximum absolute atomic E-state index is 12.2. The van der Waals surface area contributed by atoms with Crippen molar-refractivity contribution in [1.82, 2.24) is 16.0 Å². The van der Waals surface area contributed by atoms with Crippen LogP contribution in [0.3, 0.4) is 0 Å². The number of guanidine groups is 1. The first kappa shape index (κ1) is 15.8. The van der Waals surface area contributed by atoms with Crippen molar-refractivity contribution in [2.45, 2.75) is 38.5 Å². The third-order valence-corrected chi connectivity index (χ3v) is 4.07. The maximum atomic E-state index is 12.2. The van der Waals surface area contributed by atoms with E-state index < -0.39 is 0 Å². The molecule has 2 unspecified atom stereocenters. The van der Waals surface area contributed by atoms with E-state index in [-0.39, 0.29) is 12.0 Å². The third kappa shape index (κ3) is 4.45. The minimum atomic E-state index is -0.0488. The number of nitrogens with one attached hydrogen (secondary N) is 3. The van der Waals surface area contributed by atoms with Gasteiger partial charge in [-0.1, -0.05) is 12.1 Å². The number of ether oxygens (including phenoxy) is 1. The summed E-state index contributed by atoms with van der Waals surface area (Å²) in [5.74, 6) is 0.776. The van der Waals surface area contributed by atoms with Crippen LogP contribution >= 0.6 is 0 Å². The Morgan fingerprint density at radius 1 is 1.48 bits per heavy atom. The van der Waals surface area contributed by atoms with E-state index >= 15 is 0 Å². The summed E-state index contributed by atoms with van der Waals surface area (Å²) in [6.45, 7) is 4.93. The van der Waals surface area contributed by atoms with Crippen LogP contribution in [0, 0.1) is 0 Å². The number of aliphatic imine (C=N–C) groups is 1. The monoisotopic (exact) mass is 316 g/mol. The van der Waals surface area contributed by atoms with E-state index in [4.69, 9.17) is 4.74 Å². The van der Waals surface area contributed by atoms with Crippen molar-refractivity contribution in [3.63, 3.8) is 0 Å². The molecule has 3 N–H and O–H groups in total. The maximum Gasteiger partial charge on any atom is 0.251 e. The number of benzene rings is 1. The fraction of sp³-hybridized carbons (Fsp3) is 0.529. The Labute approximate surface area is 136 Å². The third-order valence-electron chi connectivity index (χ3n) is 4.07. The Bertz CT molecular complexity index is 582. The zero-order chi connectivity index (χ0) is 16.1. The van der Waals surface area contributed by atoms with E-state index in [2.05, 4.69) is 27.9 Å². The molecule has 1 fully saturated rings. The van der Waals surface area contributed by atoms with E-state index in [0.29, 0.717) is 24.7 Å². The quantitative estimate of drug-likeness (QED) is 0.758. The van der Waals surface area contributed by atoms with Gasteiger partial charge >= 0.3 is 0 Å². The zero-order valence-corrected chi connectivity index (χ0v) is 13.5. The lowest BCUT2D eigenvalue weighted by atomic mass is 10.1. The summed E-state index contributed by atoms with van der Waals surface area (Å²) in [7, 11) is 0. The van der Waals surface area contributed by atoms with E-state index in [1.807, 2.05) is 24.3 Å². The fourth-order valence-corrected chi connectivity index (χ4v) is 2.78. The normalized spacial score (nSPS) is 23.3. The summed E-state index contributed by atoms with van der Waals surface area (Å²) in [6.07, 6.45) is 2.27. The van der Waals surface area contributed by atoms with Crippen molar-refractivity contribution in [2.75, 3.05) is 19.7 Å². The predicted molar refractivity (Wildman–Crippen MR) is 89.5 cm³/mol. The molecular formula is C17H24N4O2. The second kappa shape index (κ2) is 7.46. The van der Waals surface area contributed by atoms with Crippen LogP contribution in [0.15, 0.2) is 29.3 Å². The highest BCUT2D eigenvalue weighted by Crippen LogP contribution is 2.11. The standard InChI is InChI=1S/C17H24N4O2/c1-12-9-19-17(21-12)20-10-13-4-2-5-14(8-13)16(22)18-11-15-6-3-7-23-15/h2,4-5,8,12,15H,3,6-7,9-11H2,1H3,(H,18,22)(H2,19,20,21). The topological polar surface area (TPSA) is 74.8 Å². The van der Waals surface area contributed by atoms with E-state index in [1.165, 1.54) is 0 Å². The van der Waals surface area contributed by atoms with E-state index in [0.717, 1.165) is 37.5 Å². The second-order valence-electron chi connectivity index (χ2n) is 6.13. The molecule has 2 aliphatic heterocycles. The highest BCUT2D eigenvalue weighted by atomic mass is 16.5. The molecule has 3 rings (SSSR count). The number of rotatable bonds is 5. The summed E-state index contributed by atoms with van der Waals surface area (Å²) in [5.41, 5.74) is 1.73. The van der Waals surface area contributed by atoms with Crippen LogP contribution < -0.4 is 16.0 Å². The largest absolute Gasteiger partial charge is 0.376 e. The molecule has 2 atom stereocenters. The number of hydrogen-bond acceptors (Lipinski definition) is 5. The highest BCUT2D eigenvalue weighted by molar-refractivity contribution is 5.94. The molecule has 0 aromatic heterocycles. The van der Waals surface area contributed by atoms with Crippen LogP contribution in [0.5, 0.6) is 0 Å². The number of carbonyl (C=O) groups is 1. The summed E-state index contributed by atoms with van der Waals surface area (Å²) in [5, 5.41) is 9.47. The van der Waals surface area contributed by atoms with Gasteiger partial charge in [0.2, 0.25) is 0 Å². The van der Waals surface area contributed by atoms with Crippen LogP contribution in [-0.4, -0.2) is 43.7 Å². The average molecular weight is 316 g/mol. The first-order valence-corrected chi connectivity index (χ1v) is 8.24. The first-order chi connectivity index (χ1) is 11.2. The molecular weight excluding hydrogens is 292 g/mol. The van der Waals surface area contributed by atoms with Crippen LogP contribution in [0.25, 0.3) is 0 Å². The van der Waals surface area contributed by atoms with Gasteiger partial charge in [0, 0.05) is 31.3 Å². The molecule has 124 valence electrons. The average Bonchev–Trinajstić information content (AvgIpc) is 3.22. The van der Waals surface area contributed by atoms with Crippen LogP contribution in [0.4, 0.5) is 0 Å². The molecule has 0 bridgehead atoms. The first-order valence-electron chi connectivity index (χ1n) is 8.24.